The number of aliphatic hydroxyl groups excluding tert-OH is 1. The molecular formula is C29H50O3. The first-order valence-corrected chi connectivity index (χ1v) is 13.8. The minimum atomic E-state index is -0.361. The summed E-state index contributed by atoms with van der Waals surface area (Å²) >= 11 is 0. The molecule has 0 fully saturated rings. The molecule has 1 rings (SSSR count). The van der Waals surface area contributed by atoms with Crippen LogP contribution in [0.2, 0.25) is 0 Å². The Morgan fingerprint density at radius 3 is 1.31 bits per heavy atom. The topological polar surface area (TPSA) is 54.4 Å². The number of hydrogen-bond acceptors (Lipinski definition) is 3. The van der Waals surface area contributed by atoms with Crippen LogP contribution in [0.15, 0.2) is 23.0 Å². The van der Waals surface area contributed by atoms with Gasteiger partial charge in [-0.2, -0.15) is 0 Å². The Morgan fingerprint density at radius 2 is 0.938 bits per heavy atom. The quantitative estimate of drug-likeness (QED) is 0.141. The van der Waals surface area contributed by atoms with Gasteiger partial charge in [-0.05, 0) is 25.8 Å². The van der Waals surface area contributed by atoms with Gasteiger partial charge in [-0.25, -0.2) is 0 Å². The number of carbonyl (C=O) groups is 2. The molecule has 3 nitrogen and oxygen atoms in total. The molecule has 1 aliphatic rings. The van der Waals surface area contributed by atoms with E-state index in [1.807, 2.05) is 0 Å². The van der Waals surface area contributed by atoms with Gasteiger partial charge in [0.25, 0.3) is 0 Å². The summed E-state index contributed by atoms with van der Waals surface area (Å²) in [7, 11) is 0. The van der Waals surface area contributed by atoms with Crippen LogP contribution in [-0.2, 0) is 9.59 Å². The summed E-state index contributed by atoms with van der Waals surface area (Å²) in [6, 6.07) is 0. The number of rotatable bonds is 21. The molecule has 0 saturated heterocycles. The van der Waals surface area contributed by atoms with E-state index in [0.29, 0.717) is 12.0 Å². The predicted molar refractivity (Wildman–Crippen MR) is 136 cm³/mol. The van der Waals surface area contributed by atoms with Gasteiger partial charge in [-0.3, -0.25) is 9.59 Å². The molecule has 0 aromatic heterocycles. The van der Waals surface area contributed by atoms with Crippen LogP contribution in [0.1, 0.15) is 149 Å². The molecule has 32 heavy (non-hydrogen) atoms. The Balaban J connectivity index is 1.80. The van der Waals surface area contributed by atoms with Crippen LogP contribution in [0, 0.1) is 0 Å². The normalized spacial score (nSPS) is 14.4. The molecule has 0 radical (unpaired) electrons. The Kier molecular flexibility index (Phi) is 17.1. The average molecular weight is 447 g/mol. The first-order valence-electron chi connectivity index (χ1n) is 13.8. The van der Waals surface area contributed by atoms with Crippen molar-refractivity contribution in [3.05, 3.63) is 23.0 Å². The van der Waals surface area contributed by atoms with Crippen molar-refractivity contribution in [2.75, 3.05) is 0 Å². The van der Waals surface area contributed by atoms with Crippen LogP contribution in [0.3, 0.4) is 0 Å². The van der Waals surface area contributed by atoms with Crippen LogP contribution in [0.4, 0.5) is 0 Å². The molecule has 0 atom stereocenters. The van der Waals surface area contributed by atoms with Crippen molar-refractivity contribution in [1.29, 1.82) is 0 Å². The lowest BCUT2D eigenvalue weighted by Crippen LogP contribution is -2.17. The Morgan fingerprint density at radius 1 is 0.594 bits per heavy atom. The number of aliphatic hydroxyl groups is 1. The number of ketones is 2. The molecule has 3 heteroatoms. The number of Topliss-reactive ketones (excluding diaryl/α,β-unsaturated/α-hetero) is 1. The molecule has 0 aliphatic heterocycles. The van der Waals surface area contributed by atoms with Crippen molar-refractivity contribution in [2.24, 2.45) is 0 Å². The second kappa shape index (κ2) is 19.1. The fraction of sp³-hybridized carbons (Fsp3) is 0.793. The molecule has 184 valence electrons. The van der Waals surface area contributed by atoms with E-state index in [0.717, 1.165) is 12.8 Å². The van der Waals surface area contributed by atoms with Gasteiger partial charge in [0.1, 0.15) is 0 Å². The number of allylic oxidation sites excluding steroid dienone is 3. The molecule has 0 amide bonds. The standard InChI is InChI=1S/C29H50O3/c1-3-4-5-6-7-8-9-10-11-12-13-14-15-16-17-18-19-20-21-22-23-26-24-27(30)25(2)28(31)29(26)32/h24,31H,3-23H2,1-2H3. The summed E-state index contributed by atoms with van der Waals surface area (Å²) in [6.07, 6.45) is 28.9. The minimum Gasteiger partial charge on any atom is -0.504 e. The van der Waals surface area contributed by atoms with Crippen LogP contribution in [0.25, 0.3) is 0 Å². The third-order valence-electron chi connectivity index (χ3n) is 6.84. The molecule has 0 saturated carbocycles. The van der Waals surface area contributed by atoms with Crippen LogP contribution < -0.4 is 0 Å². The van der Waals surface area contributed by atoms with Crippen molar-refractivity contribution >= 4 is 11.6 Å². The second-order valence-electron chi connectivity index (χ2n) is 9.80. The summed E-state index contributed by atoms with van der Waals surface area (Å²) in [5, 5.41) is 9.72. The monoisotopic (exact) mass is 446 g/mol. The van der Waals surface area contributed by atoms with E-state index in [9.17, 15) is 14.7 Å². The van der Waals surface area contributed by atoms with Crippen molar-refractivity contribution in [2.45, 2.75) is 149 Å². The smallest absolute Gasteiger partial charge is 0.223 e. The third-order valence-corrected chi connectivity index (χ3v) is 6.84. The number of hydrogen-bond donors (Lipinski definition) is 1. The Bertz CT molecular complexity index is 585. The summed E-state index contributed by atoms with van der Waals surface area (Å²) in [4.78, 5) is 23.7. The average Bonchev–Trinajstić information content (AvgIpc) is 2.79. The maximum atomic E-state index is 12.0. The lowest BCUT2D eigenvalue weighted by atomic mass is 9.92. The zero-order valence-corrected chi connectivity index (χ0v) is 21.2. The fourth-order valence-corrected chi connectivity index (χ4v) is 4.53. The predicted octanol–water partition coefficient (Wildman–Crippen LogP) is 9.11. The maximum absolute atomic E-state index is 12.0. The molecule has 0 bridgehead atoms. The second-order valence-corrected chi connectivity index (χ2v) is 9.80. The van der Waals surface area contributed by atoms with Gasteiger partial charge >= 0.3 is 0 Å². The molecule has 0 aromatic rings. The van der Waals surface area contributed by atoms with Gasteiger partial charge < -0.3 is 5.11 Å². The van der Waals surface area contributed by atoms with Crippen molar-refractivity contribution in [3.8, 4) is 0 Å². The minimum absolute atomic E-state index is 0.169. The van der Waals surface area contributed by atoms with Crippen LogP contribution >= 0.6 is 0 Å². The zero-order valence-electron chi connectivity index (χ0n) is 21.2. The maximum Gasteiger partial charge on any atom is 0.223 e. The summed E-state index contributed by atoms with van der Waals surface area (Å²) < 4.78 is 0. The fourth-order valence-electron chi connectivity index (χ4n) is 4.53. The molecular weight excluding hydrogens is 396 g/mol. The molecule has 0 aromatic carbocycles. The summed E-state index contributed by atoms with van der Waals surface area (Å²) in [5.41, 5.74) is 0.641. The largest absolute Gasteiger partial charge is 0.504 e. The van der Waals surface area contributed by atoms with E-state index in [4.69, 9.17) is 0 Å². The van der Waals surface area contributed by atoms with E-state index in [-0.39, 0.29) is 22.9 Å². The Labute approximate surface area is 198 Å². The van der Waals surface area contributed by atoms with E-state index in [1.54, 1.807) is 0 Å². The van der Waals surface area contributed by atoms with Crippen LogP contribution in [-0.4, -0.2) is 16.7 Å². The molecule has 0 spiro atoms. The van der Waals surface area contributed by atoms with E-state index in [2.05, 4.69) is 6.92 Å². The van der Waals surface area contributed by atoms with Gasteiger partial charge in [0.15, 0.2) is 11.5 Å². The van der Waals surface area contributed by atoms with Gasteiger partial charge in [0.2, 0.25) is 5.78 Å². The molecule has 1 aliphatic carbocycles. The SMILES string of the molecule is CCCCCCCCCCCCCCCCCCCCCCC1=CC(=O)C(C)=C(O)C1=O. The highest BCUT2D eigenvalue weighted by molar-refractivity contribution is 6.21. The van der Waals surface area contributed by atoms with E-state index < -0.39 is 0 Å². The highest BCUT2D eigenvalue weighted by Gasteiger charge is 2.24. The lowest BCUT2D eigenvalue weighted by molar-refractivity contribution is -0.118. The van der Waals surface area contributed by atoms with E-state index >= 15 is 0 Å². The summed E-state index contributed by atoms with van der Waals surface area (Å²) in [6.45, 7) is 3.78. The van der Waals surface area contributed by atoms with Gasteiger partial charge in [0, 0.05) is 11.1 Å². The van der Waals surface area contributed by atoms with Crippen molar-refractivity contribution in [3.63, 3.8) is 0 Å². The van der Waals surface area contributed by atoms with Crippen molar-refractivity contribution < 1.29 is 14.7 Å². The zero-order chi connectivity index (χ0) is 23.4. The summed E-state index contributed by atoms with van der Waals surface area (Å²) in [5.74, 6) is -0.953. The highest BCUT2D eigenvalue weighted by Crippen LogP contribution is 2.22. The first kappa shape index (κ1) is 28.7. The van der Waals surface area contributed by atoms with Gasteiger partial charge in [-0.15, -0.1) is 0 Å². The number of carbonyl (C=O) groups excluding carboxylic acids is 2. The lowest BCUT2D eigenvalue weighted by Gasteiger charge is -2.12. The molecule has 0 unspecified atom stereocenters. The van der Waals surface area contributed by atoms with Gasteiger partial charge in [-0.1, -0.05) is 129 Å². The highest BCUT2D eigenvalue weighted by atomic mass is 16.3. The van der Waals surface area contributed by atoms with Crippen molar-refractivity contribution in [1.82, 2.24) is 0 Å². The van der Waals surface area contributed by atoms with E-state index in [1.165, 1.54) is 129 Å². The molecule has 0 heterocycles. The number of unbranched alkanes of at least 4 members (excludes halogenated alkanes) is 19. The van der Waals surface area contributed by atoms with Gasteiger partial charge in [0.05, 0.1) is 0 Å². The Hall–Kier alpha value is -1.38. The third kappa shape index (κ3) is 13.2. The first-order chi connectivity index (χ1) is 15.6. The molecule has 1 N–H and O–H groups in total. The van der Waals surface area contributed by atoms with Crippen LogP contribution in [0.5, 0.6) is 0 Å².